The predicted octanol–water partition coefficient (Wildman–Crippen LogP) is 5.89. The van der Waals surface area contributed by atoms with Crippen LogP contribution in [-0.2, 0) is 11.0 Å². The number of methoxy groups -OCH3 is 1. The van der Waals surface area contributed by atoms with Crippen molar-refractivity contribution >= 4 is 23.2 Å². The van der Waals surface area contributed by atoms with Gasteiger partial charge in [-0.05, 0) is 41.5 Å². The van der Waals surface area contributed by atoms with Crippen molar-refractivity contribution in [2.75, 3.05) is 12.4 Å². The van der Waals surface area contributed by atoms with Crippen molar-refractivity contribution in [3.8, 4) is 5.75 Å². The zero-order valence-electron chi connectivity index (χ0n) is 15.5. The Morgan fingerprint density at radius 3 is 2.14 bits per heavy atom. The molecule has 0 aromatic heterocycles. The lowest BCUT2D eigenvalue weighted by Crippen LogP contribution is -2.17. The van der Waals surface area contributed by atoms with E-state index in [1.54, 1.807) is 67.8 Å². The van der Waals surface area contributed by atoms with E-state index in [0.29, 0.717) is 16.9 Å². The van der Waals surface area contributed by atoms with E-state index in [4.69, 9.17) is 4.74 Å². The number of carbonyl (C=O) groups excluding carboxylic acids is 1. The summed E-state index contributed by atoms with van der Waals surface area (Å²) in [4.78, 5) is 12.9. The zero-order chi connectivity index (χ0) is 20.9. The van der Waals surface area contributed by atoms with Gasteiger partial charge in [-0.2, -0.15) is 13.2 Å². The standard InChI is InChI=1S/C23H18F3NO2/c1-29-18-13-11-16(12-14-18)15-19(17-7-3-2-4-8-17)22(28)27-21-10-6-5-9-20(21)23(24,25)26/h2-15H,1H3,(H,27,28)/b19-15+. The summed E-state index contributed by atoms with van der Waals surface area (Å²) in [7, 11) is 1.55. The first kappa shape index (κ1) is 20.2. The molecule has 0 atom stereocenters. The number of rotatable bonds is 5. The van der Waals surface area contributed by atoms with Crippen LogP contribution in [-0.4, -0.2) is 13.0 Å². The first-order valence-corrected chi connectivity index (χ1v) is 8.77. The zero-order valence-corrected chi connectivity index (χ0v) is 15.5. The second-order valence-corrected chi connectivity index (χ2v) is 6.19. The molecule has 0 saturated carbocycles. The molecule has 3 aromatic rings. The molecule has 3 aromatic carbocycles. The molecule has 0 heterocycles. The molecule has 0 radical (unpaired) electrons. The molecule has 6 heteroatoms. The fourth-order valence-corrected chi connectivity index (χ4v) is 2.79. The monoisotopic (exact) mass is 397 g/mol. The van der Waals surface area contributed by atoms with Crippen LogP contribution in [0.1, 0.15) is 16.7 Å². The van der Waals surface area contributed by atoms with Gasteiger partial charge in [0.15, 0.2) is 0 Å². The first-order valence-electron chi connectivity index (χ1n) is 8.77. The Morgan fingerprint density at radius 2 is 1.52 bits per heavy atom. The van der Waals surface area contributed by atoms with E-state index in [-0.39, 0.29) is 11.3 Å². The van der Waals surface area contributed by atoms with Gasteiger partial charge in [0, 0.05) is 5.57 Å². The summed E-state index contributed by atoms with van der Waals surface area (Å²) in [5.41, 5.74) is 0.355. The molecular weight excluding hydrogens is 379 g/mol. The van der Waals surface area contributed by atoms with E-state index in [1.807, 2.05) is 0 Å². The predicted molar refractivity (Wildman–Crippen MR) is 107 cm³/mol. The number of ether oxygens (including phenoxy) is 1. The topological polar surface area (TPSA) is 38.3 Å². The molecular formula is C23H18F3NO2. The van der Waals surface area contributed by atoms with Crippen LogP contribution in [0.4, 0.5) is 18.9 Å². The fourth-order valence-electron chi connectivity index (χ4n) is 2.79. The molecule has 0 bridgehead atoms. The van der Waals surface area contributed by atoms with Gasteiger partial charge in [-0.3, -0.25) is 4.79 Å². The lowest BCUT2D eigenvalue weighted by molar-refractivity contribution is -0.136. The van der Waals surface area contributed by atoms with Crippen molar-refractivity contribution in [2.24, 2.45) is 0 Å². The van der Waals surface area contributed by atoms with Gasteiger partial charge < -0.3 is 10.1 Å². The molecule has 3 rings (SSSR count). The van der Waals surface area contributed by atoms with Crippen molar-refractivity contribution in [1.82, 2.24) is 0 Å². The maximum absolute atomic E-state index is 13.3. The molecule has 29 heavy (non-hydrogen) atoms. The molecule has 0 aliphatic rings. The third-order valence-electron chi connectivity index (χ3n) is 4.24. The molecule has 0 unspecified atom stereocenters. The molecule has 0 aliphatic carbocycles. The molecule has 0 fully saturated rings. The van der Waals surface area contributed by atoms with E-state index < -0.39 is 17.6 Å². The quantitative estimate of drug-likeness (QED) is 0.430. The highest BCUT2D eigenvalue weighted by Crippen LogP contribution is 2.35. The molecule has 1 N–H and O–H groups in total. The van der Waals surface area contributed by atoms with Gasteiger partial charge in [0.1, 0.15) is 5.75 Å². The number of amides is 1. The Labute approximate surface area is 166 Å². The maximum Gasteiger partial charge on any atom is 0.418 e. The number of para-hydroxylation sites is 1. The van der Waals surface area contributed by atoms with Crippen LogP contribution >= 0.6 is 0 Å². The van der Waals surface area contributed by atoms with Gasteiger partial charge in [0.2, 0.25) is 0 Å². The molecule has 0 spiro atoms. The second-order valence-electron chi connectivity index (χ2n) is 6.19. The molecule has 0 aliphatic heterocycles. The fraction of sp³-hybridized carbons (Fsp3) is 0.0870. The van der Waals surface area contributed by atoms with Crippen LogP contribution in [0.25, 0.3) is 11.6 Å². The Hall–Kier alpha value is -3.54. The lowest BCUT2D eigenvalue weighted by Gasteiger charge is -2.15. The summed E-state index contributed by atoms with van der Waals surface area (Å²) in [5.74, 6) is 0.0238. The number of alkyl halides is 3. The lowest BCUT2D eigenvalue weighted by atomic mass is 10.0. The van der Waals surface area contributed by atoms with Crippen LogP contribution in [0, 0.1) is 0 Å². The Balaban J connectivity index is 1.99. The third-order valence-corrected chi connectivity index (χ3v) is 4.24. The number of carbonyl (C=O) groups is 1. The van der Waals surface area contributed by atoms with E-state index in [1.165, 1.54) is 18.2 Å². The van der Waals surface area contributed by atoms with Crippen molar-refractivity contribution in [1.29, 1.82) is 0 Å². The van der Waals surface area contributed by atoms with Crippen molar-refractivity contribution in [3.05, 3.63) is 95.6 Å². The summed E-state index contributed by atoms with van der Waals surface area (Å²) in [6.07, 6.45) is -2.95. The number of anilines is 1. The van der Waals surface area contributed by atoms with Crippen LogP contribution in [0.2, 0.25) is 0 Å². The minimum atomic E-state index is -4.57. The number of halogens is 3. The molecule has 3 nitrogen and oxygen atoms in total. The number of hydrogen-bond acceptors (Lipinski definition) is 2. The van der Waals surface area contributed by atoms with Crippen LogP contribution in [0.3, 0.4) is 0 Å². The minimum Gasteiger partial charge on any atom is -0.497 e. The Kier molecular flexibility index (Phi) is 6.02. The van der Waals surface area contributed by atoms with E-state index >= 15 is 0 Å². The normalized spacial score (nSPS) is 11.8. The number of benzene rings is 3. The SMILES string of the molecule is COc1ccc(/C=C(/C(=O)Nc2ccccc2C(F)(F)F)c2ccccc2)cc1. The van der Waals surface area contributed by atoms with Gasteiger partial charge in [0.05, 0.1) is 18.4 Å². The number of nitrogens with one attached hydrogen (secondary N) is 1. The van der Waals surface area contributed by atoms with Gasteiger partial charge in [0.25, 0.3) is 5.91 Å². The van der Waals surface area contributed by atoms with Crippen molar-refractivity contribution < 1.29 is 22.7 Å². The Bertz CT molecular complexity index is 1010. The molecule has 1 amide bonds. The molecule has 148 valence electrons. The Morgan fingerprint density at radius 1 is 0.897 bits per heavy atom. The van der Waals surface area contributed by atoms with E-state index in [2.05, 4.69) is 5.32 Å². The summed E-state index contributed by atoms with van der Waals surface area (Å²) >= 11 is 0. The second kappa shape index (κ2) is 8.65. The first-order chi connectivity index (χ1) is 13.9. The average molecular weight is 397 g/mol. The smallest absolute Gasteiger partial charge is 0.418 e. The third kappa shape index (κ3) is 5.04. The highest BCUT2D eigenvalue weighted by molar-refractivity contribution is 6.29. The largest absolute Gasteiger partial charge is 0.497 e. The van der Waals surface area contributed by atoms with E-state index in [9.17, 15) is 18.0 Å². The van der Waals surface area contributed by atoms with Gasteiger partial charge in [-0.1, -0.05) is 54.6 Å². The summed E-state index contributed by atoms with van der Waals surface area (Å²) in [6.45, 7) is 0. The summed E-state index contributed by atoms with van der Waals surface area (Å²) < 4.78 is 44.9. The van der Waals surface area contributed by atoms with Gasteiger partial charge >= 0.3 is 6.18 Å². The highest BCUT2D eigenvalue weighted by atomic mass is 19.4. The average Bonchev–Trinajstić information content (AvgIpc) is 2.72. The minimum absolute atomic E-state index is 0.243. The van der Waals surface area contributed by atoms with Crippen molar-refractivity contribution in [3.63, 3.8) is 0 Å². The number of hydrogen-bond donors (Lipinski definition) is 1. The molecule has 0 saturated heterocycles. The summed E-state index contributed by atoms with van der Waals surface area (Å²) in [5, 5.41) is 2.41. The van der Waals surface area contributed by atoms with Gasteiger partial charge in [-0.25, -0.2) is 0 Å². The van der Waals surface area contributed by atoms with Crippen LogP contribution in [0.15, 0.2) is 78.9 Å². The maximum atomic E-state index is 13.3. The van der Waals surface area contributed by atoms with Crippen LogP contribution < -0.4 is 10.1 Å². The van der Waals surface area contributed by atoms with Gasteiger partial charge in [-0.15, -0.1) is 0 Å². The summed E-state index contributed by atoms with van der Waals surface area (Å²) in [6, 6.07) is 20.7. The van der Waals surface area contributed by atoms with Crippen LogP contribution in [0.5, 0.6) is 5.75 Å². The highest BCUT2D eigenvalue weighted by Gasteiger charge is 2.33. The van der Waals surface area contributed by atoms with Crippen molar-refractivity contribution in [2.45, 2.75) is 6.18 Å². The van der Waals surface area contributed by atoms with E-state index in [0.717, 1.165) is 6.07 Å².